The number of carbonyl (C=O) groups excluding carboxylic acids is 1. The van der Waals surface area contributed by atoms with E-state index in [1.54, 1.807) is 30.0 Å². The van der Waals surface area contributed by atoms with Crippen molar-refractivity contribution >= 4 is 29.0 Å². The van der Waals surface area contributed by atoms with Gasteiger partial charge in [0.25, 0.3) is 0 Å². The van der Waals surface area contributed by atoms with Crippen LogP contribution in [-0.4, -0.2) is 31.5 Å². The predicted octanol–water partition coefficient (Wildman–Crippen LogP) is 1.17. The summed E-state index contributed by atoms with van der Waals surface area (Å²) in [5.74, 6) is 0.580. The van der Waals surface area contributed by atoms with Crippen LogP contribution in [0.25, 0.3) is 0 Å². The van der Waals surface area contributed by atoms with E-state index >= 15 is 0 Å². The number of benzene rings is 1. The highest BCUT2D eigenvalue weighted by Gasteiger charge is 2.08. The molecule has 0 radical (unpaired) electrons. The van der Waals surface area contributed by atoms with Crippen LogP contribution in [0.3, 0.4) is 0 Å². The van der Waals surface area contributed by atoms with Crippen LogP contribution < -0.4 is 16.4 Å². The minimum Gasteiger partial charge on any atom is -0.397 e. The predicted molar refractivity (Wildman–Crippen MR) is 71.0 cm³/mol. The number of nitrogen functional groups attached to an aromatic ring is 1. The zero-order valence-electron chi connectivity index (χ0n) is 9.56. The molecule has 0 aliphatic heterocycles. The Morgan fingerprint density at radius 1 is 1.50 bits per heavy atom. The number of hydrogen-bond donors (Lipinski definition) is 2. The van der Waals surface area contributed by atoms with Crippen LogP contribution in [0.15, 0.2) is 18.2 Å². The van der Waals surface area contributed by atoms with Crippen LogP contribution in [0.1, 0.15) is 10.4 Å². The zero-order valence-corrected chi connectivity index (χ0v) is 10.4. The molecule has 1 aromatic rings. The number of carbonyl (C=O) groups is 1. The van der Waals surface area contributed by atoms with Crippen molar-refractivity contribution in [1.29, 1.82) is 0 Å². The summed E-state index contributed by atoms with van der Waals surface area (Å²) in [5.41, 5.74) is 13.1. The Morgan fingerprint density at radius 2 is 2.19 bits per heavy atom. The summed E-state index contributed by atoms with van der Waals surface area (Å²) in [6.07, 6.45) is 2.05. The van der Waals surface area contributed by atoms with Crippen molar-refractivity contribution in [3.63, 3.8) is 0 Å². The summed E-state index contributed by atoms with van der Waals surface area (Å²) >= 11 is 1.77. The molecule has 1 aromatic carbocycles. The molecule has 1 amide bonds. The highest BCUT2D eigenvalue weighted by atomic mass is 32.2. The average Bonchev–Trinajstić information content (AvgIpc) is 2.26. The van der Waals surface area contributed by atoms with Gasteiger partial charge in [0.2, 0.25) is 5.91 Å². The van der Waals surface area contributed by atoms with Gasteiger partial charge in [0.05, 0.1) is 11.4 Å². The molecule has 0 unspecified atom stereocenters. The fourth-order valence-corrected chi connectivity index (χ4v) is 1.83. The van der Waals surface area contributed by atoms with Crippen LogP contribution in [-0.2, 0) is 0 Å². The van der Waals surface area contributed by atoms with E-state index < -0.39 is 5.91 Å². The van der Waals surface area contributed by atoms with E-state index in [-0.39, 0.29) is 0 Å². The molecule has 0 saturated heterocycles. The third-order valence-electron chi connectivity index (χ3n) is 2.36. The Hall–Kier alpha value is -1.36. The SMILES string of the molecule is CSCCN(C)c1cc(C(N)=O)ccc1N. The Morgan fingerprint density at radius 3 is 2.75 bits per heavy atom. The van der Waals surface area contributed by atoms with Crippen LogP contribution in [0.5, 0.6) is 0 Å². The molecule has 5 heteroatoms. The normalized spacial score (nSPS) is 10.1. The molecule has 0 aliphatic rings. The van der Waals surface area contributed by atoms with E-state index in [0.717, 1.165) is 18.0 Å². The van der Waals surface area contributed by atoms with Crippen molar-refractivity contribution in [2.24, 2.45) is 5.73 Å². The number of thioether (sulfide) groups is 1. The van der Waals surface area contributed by atoms with E-state index in [4.69, 9.17) is 11.5 Å². The van der Waals surface area contributed by atoms with E-state index in [2.05, 4.69) is 6.26 Å². The lowest BCUT2D eigenvalue weighted by Crippen LogP contribution is -2.22. The molecule has 0 bridgehead atoms. The number of hydrogen-bond acceptors (Lipinski definition) is 4. The highest BCUT2D eigenvalue weighted by molar-refractivity contribution is 7.98. The summed E-state index contributed by atoms with van der Waals surface area (Å²) in [4.78, 5) is 13.1. The number of rotatable bonds is 5. The monoisotopic (exact) mass is 239 g/mol. The van der Waals surface area contributed by atoms with E-state index in [9.17, 15) is 4.79 Å². The van der Waals surface area contributed by atoms with E-state index in [1.165, 1.54) is 0 Å². The maximum Gasteiger partial charge on any atom is 0.248 e. The lowest BCUT2D eigenvalue weighted by atomic mass is 10.1. The molecule has 88 valence electrons. The van der Waals surface area contributed by atoms with Gasteiger partial charge in [-0.1, -0.05) is 0 Å². The number of anilines is 2. The van der Waals surface area contributed by atoms with Crippen molar-refractivity contribution in [2.45, 2.75) is 0 Å². The fourth-order valence-electron chi connectivity index (χ4n) is 1.38. The molecule has 0 fully saturated rings. The van der Waals surface area contributed by atoms with Gasteiger partial charge >= 0.3 is 0 Å². The van der Waals surface area contributed by atoms with Gasteiger partial charge in [0, 0.05) is 24.9 Å². The molecule has 0 spiro atoms. The third kappa shape index (κ3) is 3.06. The lowest BCUT2D eigenvalue weighted by Gasteiger charge is -2.21. The molecule has 0 atom stereocenters. The van der Waals surface area contributed by atoms with Gasteiger partial charge < -0.3 is 16.4 Å². The van der Waals surface area contributed by atoms with Gasteiger partial charge in [-0.15, -0.1) is 0 Å². The average molecular weight is 239 g/mol. The summed E-state index contributed by atoms with van der Waals surface area (Å²) in [5, 5.41) is 0. The van der Waals surface area contributed by atoms with Gasteiger partial charge in [-0.05, 0) is 24.5 Å². The second-order valence-electron chi connectivity index (χ2n) is 3.55. The Bertz CT molecular complexity index is 381. The molecular formula is C11H17N3OS. The first-order valence-electron chi connectivity index (χ1n) is 4.95. The molecule has 0 aromatic heterocycles. The van der Waals surface area contributed by atoms with E-state index in [1.807, 2.05) is 11.9 Å². The molecule has 4 N–H and O–H groups in total. The molecule has 1 rings (SSSR count). The van der Waals surface area contributed by atoms with Gasteiger partial charge in [0.1, 0.15) is 0 Å². The maximum atomic E-state index is 11.1. The van der Waals surface area contributed by atoms with Crippen molar-refractivity contribution < 1.29 is 4.79 Å². The van der Waals surface area contributed by atoms with Crippen LogP contribution in [0.2, 0.25) is 0 Å². The fraction of sp³-hybridized carbons (Fsp3) is 0.364. The molecular weight excluding hydrogens is 222 g/mol. The minimum atomic E-state index is -0.431. The Labute approximate surface area is 100.0 Å². The maximum absolute atomic E-state index is 11.1. The lowest BCUT2D eigenvalue weighted by molar-refractivity contribution is 0.100. The number of primary amides is 1. The van der Waals surface area contributed by atoms with Crippen molar-refractivity contribution in [2.75, 3.05) is 36.2 Å². The molecule has 4 nitrogen and oxygen atoms in total. The second-order valence-corrected chi connectivity index (χ2v) is 4.54. The van der Waals surface area contributed by atoms with Crippen LogP contribution >= 0.6 is 11.8 Å². The van der Waals surface area contributed by atoms with Crippen LogP contribution in [0, 0.1) is 0 Å². The molecule has 0 saturated carbocycles. The molecule has 16 heavy (non-hydrogen) atoms. The largest absolute Gasteiger partial charge is 0.397 e. The molecule has 0 heterocycles. The number of amides is 1. The quantitative estimate of drug-likeness (QED) is 0.756. The topological polar surface area (TPSA) is 72.3 Å². The summed E-state index contributed by atoms with van der Waals surface area (Å²) in [7, 11) is 1.95. The first-order valence-corrected chi connectivity index (χ1v) is 6.35. The van der Waals surface area contributed by atoms with Crippen molar-refractivity contribution in [3.05, 3.63) is 23.8 Å². The summed E-state index contributed by atoms with van der Waals surface area (Å²) in [6.45, 7) is 0.883. The smallest absolute Gasteiger partial charge is 0.248 e. The summed E-state index contributed by atoms with van der Waals surface area (Å²) in [6, 6.07) is 5.09. The third-order valence-corrected chi connectivity index (χ3v) is 2.95. The zero-order chi connectivity index (χ0) is 12.1. The first kappa shape index (κ1) is 12.7. The minimum absolute atomic E-state index is 0.431. The Kier molecular flexibility index (Phi) is 4.49. The van der Waals surface area contributed by atoms with Crippen molar-refractivity contribution in [1.82, 2.24) is 0 Å². The number of nitrogens with two attached hydrogens (primary N) is 2. The van der Waals surface area contributed by atoms with Gasteiger partial charge in [-0.2, -0.15) is 11.8 Å². The number of nitrogens with zero attached hydrogens (tertiary/aromatic N) is 1. The van der Waals surface area contributed by atoms with Gasteiger partial charge in [-0.3, -0.25) is 4.79 Å². The van der Waals surface area contributed by atoms with Gasteiger partial charge in [-0.25, -0.2) is 0 Å². The summed E-state index contributed by atoms with van der Waals surface area (Å²) < 4.78 is 0. The van der Waals surface area contributed by atoms with E-state index in [0.29, 0.717) is 11.3 Å². The van der Waals surface area contributed by atoms with Gasteiger partial charge in [0.15, 0.2) is 0 Å². The van der Waals surface area contributed by atoms with Crippen LogP contribution in [0.4, 0.5) is 11.4 Å². The Balaban J connectivity index is 2.92. The molecule has 0 aliphatic carbocycles. The second kappa shape index (κ2) is 5.65. The first-order chi connectivity index (χ1) is 7.56. The van der Waals surface area contributed by atoms with Crippen molar-refractivity contribution in [3.8, 4) is 0 Å². The standard InChI is InChI=1S/C11H17N3OS/c1-14(5-6-16-2)10-7-8(11(13)15)3-4-9(10)12/h3-4,7H,5-6,12H2,1-2H3,(H2,13,15). The highest BCUT2D eigenvalue weighted by Crippen LogP contribution is 2.23.